The number of hydrazine groups is 1. The van der Waals surface area contributed by atoms with E-state index in [4.69, 9.17) is 42.1 Å². The number of halogens is 2. The Hall–Kier alpha value is -3.27. The summed E-state index contributed by atoms with van der Waals surface area (Å²) in [5.41, 5.74) is 5.42. The molecule has 2 saturated heterocycles. The lowest BCUT2D eigenvalue weighted by molar-refractivity contribution is -0.164. The van der Waals surface area contributed by atoms with Crippen LogP contribution in [0.2, 0.25) is 10.0 Å². The van der Waals surface area contributed by atoms with Crippen molar-refractivity contribution >= 4 is 34.8 Å². The molecule has 0 spiro atoms. The Labute approximate surface area is 250 Å². The molecule has 0 aliphatic carbocycles. The van der Waals surface area contributed by atoms with Gasteiger partial charge in [0.25, 0.3) is 5.91 Å². The Bertz CT molecular complexity index is 1350. The third kappa shape index (κ3) is 7.33. The first-order valence-electron chi connectivity index (χ1n) is 13.5. The third-order valence-corrected chi connectivity index (χ3v) is 7.57. The van der Waals surface area contributed by atoms with Crippen LogP contribution >= 0.6 is 23.2 Å². The largest absolute Gasteiger partial charge is 0.491 e. The van der Waals surface area contributed by atoms with Gasteiger partial charge in [0.1, 0.15) is 30.8 Å². The normalized spacial score (nSPS) is 21.0. The third-order valence-electron chi connectivity index (χ3n) is 7.02. The second-order valence-corrected chi connectivity index (χ2v) is 10.8. The number of carbonyl (C=O) groups is 1. The molecule has 0 aromatic heterocycles. The Morgan fingerprint density at radius 3 is 2.39 bits per heavy atom. The smallest absolute Gasteiger partial charge is 0.265 e. The van der Waals surface area contributed by atoms with Crippen LogP contribution < -0.4 is 19.8 Å². The number of nitrogens with zero attached hydrogens (tertiary/aromatic N) is 2. The second kappa shape index (κ2) is 13.1. The first-order valence-corrected chi connectivity index (χ1v) is 14.2. The van der Waals surface area contributed by atoms with Crippen molar-refractivity contribution in [2.75, 3.05) is 50.9 Å². The van der Waals surface area contributed by atoms with Gasteiger partial charge in [-0.05, 0) is 67.6 Å². The summed E-state index contributed by atoms with van der Waals surface area (Å²) in [6.07, 6.45) is 1.44. The van der Waals surface area contributed by atoms with Gasteiger partial charge in [-0.15, -0.1) is 0 Å². The molecule has 0 unspecified atom stereocenters. The van der Waals surface area contributed by atoms with Gasteiger partial charge in [0.2, 0.25) is 0 Å². The number of rotatable bonds is 10. The Morgan fingerprint density at radius 2 is 1.71 bits per heavy atom. The maximum atomic E-state index is 12.7. The predicted molar refractivity (Wildman–Crippen MR) is 160 cm³/mol. The van der Waals surface area contributed by atoms with Crippen LogP contribution in [0.1, 0.15) is 22.8 Å². The van der Waals surface area contributed by atoms with Gasteiger partial charge in [-0.1, -0.05) is 41.9 Å². The van der Waals surface area contributed by atoms with E-state index in [0.29, 0.717) is 54.3 Å². The molecule has 2 aliphatic rings. The van der Waals surface area contributed by atoms with Crippen molar-refractivity contribution in [1.29, 1.82) is 0 Å². The average Bonchev–Trinajstić information content (AvgIpc) is 3.37. The number of carbonyl (C=O) groups excluding carboxylic acids is 1. The van der Waals surface area contributed by atoms with Crippen molar-refractivity contribution in [2.45, 2.75) is 18.8 Å². The summed E-state index contributed by atoms with van der Waals surface area (Å²) in [6.45, 7) is 9.64. The van der Waals surface area contributed by atoms with E-state index < -0.39 is 5.79 Å². The van der Waals surface area contributed by atoms with Crippen LogP contribution in [0.3, 0.4) is 0 Å². The molecule has 0 radical (unpaired) electrons. The summed E-state index contributed by atoms with van der Waals surface area (Å²) >= 11 is 12.4. The molecule has 3 aromatic rings. The number of hydrogen-bond acceptors (Lipinski definition) is 7. The lowest BCUT2D eigenvalue weighted by Crippen LogP contribution is -2.53. The van der Waals surface area contributed by atoms with Crippen LogP contribution in [0.5, 0.6) is 11.5 Å². The van der Waals surface area contributed by atoms with E-state index in [1.54, 1.807) is 42.5 Å². The zero-order chi connectivity index (χ0) is 28.8. The van der Waals surface area contributed by atoms with Crippen molar-refractivity contribution in [3.8, 4) is 11.5 Å². The van der Waals surface area contributed by atoms with E-state index in [-0.39, 0.29) is 12.0 Å². The fourth-order valence-electron chi connectivity index (χ4n) is 4.80. The maximum absolute atomic E-state index is 12.7. The second-order valence-electron chi connectivity index (χ2n) is 9.96. The van der Waals surface area contributed by atoms with Crippen LogP contribution in [0.25, 0.3) is 0 Å². The van der Waals surface area contributed by atoms with E-state index in [1.165, 1.54) is 0 Å². The number of hydrogen-bond donors (Lipinski definition) is 1. The van der Waals surface area contributed by atoms with Crippen molar-refractivity contribution < 1.29 is 23.7 Å². The van der Waals surface area contributed by atoms with Gasteiger partial charge in [-0.3, -0.25) is 10.2 Å². The van der Waals surface area contributed by atoms with Gasteiger partial charge in [0.05, 0.1) is 11.6 Å². The highest BCUT2D eigenvalue weighted by Gasteiger charge is 2.40. The molecule has 5 rings (SSSR count). The van der Waals surface area contributed by atoms with Crippen LogP contribution in [0.4, 0.5) is 5.69 Å². The number of piperazine rings is 1. The number of nitrogens with one attached hydrogen (secondary N) is 1. The molecule has 1 N–H and O–H groups in total. The minimum absolute atomic E-state index is 0.136. The molecular formula is C31H33Cl2N3O5. The monoisotopic (exact) mass is 597 g/mol. The number of ether oxygens (including phenoxy) is 4. The van der Waals surface area contributed by atoms with Gasteiger partial charge in [-0.25, -0.2) is 5.01 Å². The van der Waals surface area contributed by atoms with Crippen molar-refractivity contribution in [2.24, 2.45) is 0 Å². The minimum Gasteiger partial charge on any atom is -0.491 e. The molecule has 2 fully saturated rings. The van der Waals surface area contributed by atoms with Gasteiger partial charge in [0, 0.05) is 48.0 Å². The van der Waals surface area contributed by atoms with Gasteiger partial charge in [0.15, 0.2) is 5.79 Å². The number of benzene rings is 3. The molecule has 41 heavy (non-hydrogen) atoms. The molecule has 216 valence electrons. The van der Waals surface area contributed by atoms with Crippen LogP contribution in [0, 0.1) is 0 Å². The predicted octanol–water partition coefficient (Wildman–Crippen LogP) is 5.69. The highest BCUT2D eigenvalue weighted by Crippen LogP contribution is 2.38. The highest BCUT2D eigenvalue weighted by atomic mass is 35.5. The zero-order valence-corrected chi connectivity index (χ0v) is 24.4. The first kappa shape index (κ1) is 29.2. The van der Waals surface area contributed by atoms with E-state index in [1.807, 2.05) is 42.3 Å². The molecular weight excluding hydrogens is 565 g/mol. The molecule has 8 nitrogen and oxygen atoms in total. The van der Waals surface area contributed by atoms with Gasteiger partial charge >= 0.3 is 0 Å². The van der Waals surface area contributed by atoms with Crippen LogP contribution in [0.15, 0.2) is 79.4 Å². The average molecular weight is 599 g/mol. The Balaban J connectivity index is 1.06. The summed E-state index contributed by atoms with van der Waals surface area (Å²) in [5, 5.41) is 3.01. The molecule has 0 saturated carbocycles. The van der Waals surface area contributed by atoms with Crippen LogP contribution in [-0.4, -0.2) is 63.0 Å². The molecule has 0 bridgehead atoms. The number of amides is 1. The summed E-state index contributed by atoms with van der Waals surface area (Å²) in [5.74, 6) is 0.368. The minimum atomic E-state index is -0.952. The Morgan fingerprint density at radius 1 is 1.02 bits per heavy atom. The lowest BCUT2D eigenvalue weighted by atomic mass is 10.1. The molecule has 3 aromatic carbocycles. The summed E-state index contributed by atoms with van der Waals surface area (Å²) in [6, 6.07) is 20.4. The molecule has 10 heteroatoms. The summed E-state index contributed by atoms with van der Waals surface area (Å²) in [7, 11) is 0. The fourth-order valence-corrected chi connectivity index (χ4v) is 5.38. The Kier molecular flexibility index (Phi) is 9.37. The van der Waals surface area contributed by atoms with Crippen molar-refractivity contribution in [3.05, 3.63) is 101 Å². The van der Waals surface area contributed by atoms with E-state index in [2.05, 4.69) is 16.9 Å². The van der Waals surface area contributed by atoms with Crippen molar-refractivity contribution in [1.82, 2.24) is 10.4 Å². The van der Waals surface area contributed by atoms with Gasteiger partial charge < -0.3 is 23.8 Å². The molecule has 2 heterocycles. The van der Waals surface area contributed by atoms with Crippen LogP contribution in [-0.2, 0) is 15.3 Å². The van der Waals surface area contributed by atoms with Gasteiger partial charge in [-0.2, -0.15) is 0 Å². The molecule has 2 atom stereocenters. The zero-order valence-electron chi connectivity index (χ0n) is 22.9. The van der Waals surface area contributed by atoms with E-state index >= 15 is 0 Å². The molecule has 2 aliphatic heterocycles. The molecule has 1 amide bonds. The highest BCUT2D eigenvalue weighted by molar-refractivity contribution is 6.35. The SMILES string of the molecule is C=CCOc1ccc(C(=O)NN2CCN(c3ccc(OC[C@@H]4CO[C@](C)(c5ccc(Cl)cc5Cl)O4)cc3)CC2)cc1. The van der Waals surface area contributed by atoms with E-state index in [9.17, 15) is 4.79 Å². The standard InChI is InChI=1S/C31H33Cl2N3O5/c1-3-18-38-25-9-4-22(5-10-25)30(37)34-36-16-14-35(15-17-36)24-7-11-26(12-8-24)39-20-27-21-40-31(2,41-27)28-13-6-23(32)19-29(28)33/h3-13,19,27H,1,14-18,20-21H2,2H3,(H,34,37)/t27-,31+/m1/s1. The first-order chi connectivity index (χ1) is 19.8. The van der Waals surface area contributed by atoms with E-state index in [0.717, 1.165) is 30.1 Å². The summed E-state index contributed by atoms with van der Waals surface area (Å²) < 4.78 is 23.6. The maximum Gasteiger partial charge on any atom is 0.265 e. The van der Waals surface area contributed by atoms with Crippen molar-refractivity contribution in [3.63, 3.8) is 0 Å². The lowest BCUT2D eigenvalue weighted by Gasteiger charge is -2.36. The number of anilines is 1. The fraction of sp³-hybridized carbons (Fsp3) is 0.323. The quantitative estimate of drug-likeness (QED) is 0.301. The summed E-state index contributed by atoms with van der Waals surface area (Å²) in [4.78, 5) is 14.9. The topological polar surface area (TPSA) is 72.5 Å².